The number of fused-ring (bicyclic) bond motifs is 4. The average Bonchev–Trinajstić information content (AvgIpc) is 3.19. The van der Waals surface area contributed by atoms with Gasteiger partial charge in [-0.2, -0.15) is 0 Å². The molecule has 7 nitrogen and oxygen atoms in total. The van der Waals surface area contributed by atoms with E-state index in [2.05, 4.69) is 0 Å². The molecule has 29 heavy (non-hydrogen) atoms. The predicted molar refractivity (Wildman–Crippen MR) is 103 cm³/mol. The quantitative estimate of drug-likeness (QED) is 0.298. The maximum absolute atomic E-state index is 12.2. The summed E-state index contributed by atoms with van der Waals surface area (Å²) in [7, 11) is 0. The summed E-state index contributed by atoms with van der Waals surface area (Å²) in [5.74, 6) is -3.84. The minimum atomic E-state index is -0.923. The second-order valence-corrected chi connectivity index (χ2v) is 7.90. The van der Waals surface area contributed by atoms with Crippen LogP contribution in [0.2, 0.25) is 0 Å². The molecule has 7 heteroatoms. The van der Waals surface area contributed by atoms with Gasteiger partial charge in [0.1, 0.15) is 0 Å². The fraction of sp³-hybridized carbons (Fsp3) is 0.273. The molecule has 1 aliphatic heterocycles. The highest BCUT2D eigenvalue weighted by Crippen LogP contribution is 2.59. The third-order valence-corrected chi connectivity index (χ3v) is 6.59. The molecule has 2 bridgehead atoms. The molecule has 1 heterocycles. The number of phenolic OH excluding ortho intramolecular Hbond substituents is 3. The van der Waals surface area contributed by atoms with Gasteiger partial charge >= 0.3 is 5.97 Å². The van der Waals surface area contributed by atoms with Gasteiger partial charge in [0.05, 0.1) is 5.92 Å². The van der Waals surface area contributed by atoms with Crippen molar-refractivity contribution in [3.63, 3.8) is 0 Å². The third kappa shape index (κ3) is 2.18. The third-order valence-electron chi connectivity index (χ3n) is 6.59. The first kappa shape index (κ1) is 17.6. The number of carboxylic acids is 1. The molecule has 5 rings (SSSR count). The highest BCUT2D eigenvalue weighted by Gasteiger charge is 2.54. The van der Waals surface area contributed by atoms with E-state index in [1.54, 1.807) is 6.07 Å². The predicted octanol–water partition coefficient (Wildman–Crippen LogP) is 3.25. The van der Waals surface area contributed by atoms with E-state index in [1.165, 1.54) is 18.2 Å². The number of carbonyl (C=O) groups is 1. The number of rotatable bonds is 2. The molecular weight excluding hydrogens is 376 g/mol. The lowest BCUT2D eigenvalue weighted by atomic mass is 9.75. The highest BCUT2D eigenvalue weighted by molar-refractivity contribution is 5.95. The Labute approximate surface area is 164 Å². The van der Waals surface area contributed by atoms with Crippen LogP contribution in [0, 0.1) is 23.7 Å². The number of hydrogen-bond acceptors (Lipinski definition) is 6. The van der Waals surface area contributed by atoms with Crippen LogP contribution in [0.3, 0.4) is 0 Å². The molecule has 3 aliphatic carbocycles. The Balaban J connectivity index is 1.93. The SMILES string of the molecule is C[C@H]1C2C=C[C@H]1[C@@H](C(=O)O)[C@@H]2c1c2ccc(=O)c(O)c-2oc2c(O)c(O)ccc12. The summed E-state index contributed by atoms with van der Waals surface area (Å²) in [6.07, 6.45) is 3.96. The van der Waals surface area contributed by atoms with Crippen LogP contribution in [-0.2, 0) is 4.79 Å². The van der Waals surface area contributed by atoms with Crippen LogP contribution in [0.15, 0.2) is 45.6 Å². The zero-order valence-corrected chi connectivity index (χ0v) is 15.4. The molecule has 0 aromatic heterocycles. The molecule has 5 atom stereocenters. The Morgan fingerprint density at radius 2 is 1.72 bits per heavy atom. The van der Waals surface area contributed by atoms with E-state index in [9.17, 15) is 30.0 Å². The van der Waals surface area contributed by atoms with Crippen molar-refractivity contribution in [3.8, 4) is 28.6 Å². The Bertz CT molecular complexity index is 1240. The smallest absolute Gasteiger partial charge is 0.307 e. The van der Waals surface area contributed by atoms with Crippen LogP contribution < -0.4 is 5.43 Å². The van der Waals surface area contributed by atoms with Gasteiger partial charge in [-0.15, -0.1) is 0 Å². The zero-order valence-electron chi connectivity index (χ0n) is 15.4. The number of carboxylic acid groups (broad SMARTS) is 1. The number of hydrogen-bond donors (Lipinski definition) is 4. The van der Waals surface area contributed by atoms with Gasteiger partial charge in [-0.05, 0) is 47.6 Å². The lowest BCUT2D eigenvalue weighted by Gasteiger charge is -2.29. The van der Waals surface area contributed by atoms with Crippen molar-refractivity contribution >= 4 is 16.9 Å². The molecule has 1 unspecified atom stereocenters. The van der Waals surface area contributed by atoms with E-state index < -0.39 is 40.5 Å². The van der Waals surface area contributed by atoms with E-state index in [0.717, 1.165) is 0 Å². The Morgan fingerprint density at radius 3 is 2.45 bits per heavy atom. The molecule has 4 aliphatic rings. The van der Waals surface area contributed by atoms with E-state index >= 15 is 0 Å². The summed E-state index contributed by atoms with van der Waals surface area (Å²) in [6, 6.07) is 5.60. The molecule has 0 spiro atoms. The van der Waals surface area contributed by atoms with Gasteiger partial charge in [-0.25, -0.2) is 0 Å². The fourth-order valence-electron chi connectivity index (χ4n) is 5.28. The first-order chi connectivity index (χ1) is 13.8. The van der Waals surface area contributed by atoms with Crippen LogP contribution in [0.1, 0.15) is 18.4 Å². The van der Waals surface area contributed by atoms with E-state index in [-0.39, 0.29) is 29.1 Å². The van der Waals surface area contributed by atoms with Gasteiger partial charge < -0.3 is 24.8 Å². The number of allylic oxidation sites excluding steroid dienone is 2. The van der Waals surface area contributed by atoms with Crippen molar-refractivity contribution in [2.24, 2.45) is 23.7 Å². The lowest BCUT2D eigenvalue weighted by molar-refractivity contribution is -0.143. The molecule has 148 valence electrons. The minimum Gasteiger partial charge on any atom is -0.504 e. The van der Waals surface area contributed by atoms with E-state index in [4.69, 9.17) is 4.42 Å². The summed E-state index contributed by atoms with van der Waals surface area (Å²) in [4.78, 5) is 24.2. The molecule has 1 aromatic rings. The van der Waals surface area contributed by atoms with Gasteiger partial charge in [0.25, 0.3) is 0 Å². The van der Waals surface area contributed by atoms with Crippen molar-refractivity contribution in [1.82, 2.24) is 0 Å². The van der Waals surface area contributed by atoms with Crippen LogP contribution in [0.25, 0.3) is 22.3 Å². The second-order valence-electron chi connectivity index (χ2n) is 7.90. The summed E-state index contributed by atoms with van der Waals surface area (Å²) < 4.78 is 5.65. The van der Waals surface area contributed by atoms with Crippen molar-refractivity contribution in [1.29, 1.82) is 0 Å². The van der Waals surface area contributed by atoms with Gasteiger partial charge in [-0.1, -0.05) is 19.1 Å². The molecule has 1 fully saturated rings. The summed E-state index contributed by atoms with van der Waals surface area (Å²) in [5, 5.41) is 41.0. The highest BCUT2D eigenvalue weighted by atomic mass is 16.4. The first-order valence-electron chi connectivity index (χ1n) is 9.35. The Morgan fingerprint density at radius 1 is 1.00 bits per heavy atom. The largest absolute Gasteiger partial charge is 0.504 e. The number of aliphatic carboxylic acids is 1. The number of aromatic hydroxyl groups is 3. The lowest BCUT2D eigenvalue weighted by Crippen LogP contribution is -2.26. The number of benzene rings is 2. The summed E-state index contributed by atoms with van der Waals surface area (Å²) >= 11 is 0. The van der Waals surface area contributed by atoms with Crippen LogP contribution >= 0.6 is 0 Å². The Kier molecular flexibility index (Phi) is 3.50. The molecule has 0 amide bonds. The van der Waals surface area contributed by atoms with Gasteiger partial charge in [-0.3, -0.25) is 9.59 Å². The van der Waals surface area contributed by atoms with Crippen molar-refractivity contribution in [3.05, 3.63) is 52.2 Å². The molecule has 0 radical (unpaired) electrons. The monoisotopic (exact) mass is 394 g/mol. The van der Waals surface area contributed by atoms with Gasteiger partial charge in [0, 0.05) is 16.9 Å². The van der Waals surface area contributed by atoms with Crippen LogP contribution in [-0.4, -0.2) is 26.4 Å². The maximum atomic E-state index is 12.2. The number of phenols is 3. The van der Waals surface area contributed by atoms with Crippen LogP contribution in [0.5, 0.6) is 17.2 Å². The molecular formula is C22H18O7. The van der Waals surface area contributed by atoms with Crippen molar-refractivity contribution < 1.29 is 29.6 Å². The zero-order chi connectivity index (χ0) is 20.6. The molecule has 1 saturated carbocycles. The maximum Gasteiger partial charge on any atom is 0.307 e. The summed E-state index contributed by atoms with van der Waals surface area (Å²) in [5.41, 5.74) is 0.256. The fourth-order valence-corrected chi connectivity index (χ4v) is 5.28. The van der Waals surface area contributed by atoms with E-state index in [0.29, 0.717) is 16.5 Å². The minimum absolute atomic E-state index is 0.0556. The second kappa shape index (κ2) is 5.76. The van der Waals surface area contributed by atoms with Crippen molar-refractivity contribution in [2.75, 3.05) is 0 Å². The standard InChI is InChI=1S/C22H18O7/c1-8-9-2-3-10(8)17(22(27)28)16(9)15-11-4-6-13(23)18(25)20(11)29-21-12(15)5-7-14(24)19(21)26/h2-10,16-17,23,25-26H,1H3,(H,27,28)/t8-,9?,10+,16-,17+/m0/s1. The van der Waals surface area contributed by atoms with Gasteiger partial charge in [0.15, 0.2) is 17.1 Å². The topological polar surface area (TPSA) is 128 Å². The van der Waals surface area contributed by atoms with Crippen LogP contribution in [0.4, 0.5) is 0 Å². The normalized spacial score (nSPS) is 27.8. The summed E-state index contributed by atoms with van der Waals surface area (Å²) in [6.45, 7) is 2.01. The Hall–Kier alpha value is -3.48. The van der Waals surface area contributed by atoms with E-state index in [1.807, 2.05) is 19.1 Å². The van der Waals surface area contributed by atoms with Crippen molar-refractivity contribution in [2.45, 2.75) is 12.8 Å². The van der Waals surface area contributed by atoms with Gasteiger partial charge in [0.2, 0.25) is 16.9 Å². The average molecular weight is 394 g/mol. The molecule has 0 saturated heterocycles. The molecule has 4 N–H and O–H groups in total. The molecule has 1 aromatic carbocycles. The first-order valence-corrected chi connectivity index (χ1v) is 9.35.